The number of esters is 1. The van der Waals surface area contributed by atoms with Crippen molar-refractivity contribution in [2.45, 2.75) is 37.8 Å². The molecule has 1 aliphatic carbocycles. The molecule has 0 heterocycles. The predicted octanol–water partition coefficient (Wildman–Crippen LogP) is -0.199. The summed E-state index contributed by atoms with van der Waals surface area (Å²) in [5.41, 5.74) is 0. The van der Waals surface area contributed by atoms with Crippen molar-refractivity contribution in [3.63, 3.8) is 0 Å². The maximum absolute atomic E-state index is 12.2. The van der Waals surface area contributed by atoms with Crippen molar-refractivity contribution in [2.24, 2.45) is 4.99 Å². The average molecular weight is 431 g/mol. The first-order chi connectivity index (χ1) is 13.7. The summed E-state index contributed by atoms with van der Waals surface area (Å²) in [7, 11) is 0. The Kier molecular flexibility index (Phi) is 11.0. The first-order valence-electron chi connectivity index (χ1n) is 9.06. The molecular formula is C17H25N3O8S. The van der Waals surface area contributed by atoms with E-state index in [4.69, 9.17) is 20.1 Å². The number of isothiocyanates is 1. The van der Waals surface area contributed by atoms with E-state index in [0.29, 0.717) is 12.8 Å². The Morgan fingerprint density at radius 1 is 0.862 bits per heavy atom. The van der Waals surface area contributed by atoms with E-state index >= 15 is 0 Å². The van der Waals surface area contributed by atoms with Gasteiger partial charge in [-0.05, 0) is 37.9 Å². The zero-order valence-corrected chi connectivity index (χ0v) is 16.7. The van der Waals surface area contributed by atoms with Crippen LogP contribution in [0.5, 0.6) is 0 Å². The quantitative estimate of drug-likeness (QED) is 0.201. The number of aliphatic carboxylic acids is 3. The maximum Gasteiger partial charge on any atom is 0.320 e. The van der Waals surface area contributed by atoms with Gasteiger partial charge in [-0.15, -0.1) is 0 Å². The lowest BCUT2D eigenvalue weighted by Gasteiger charge is -2.27. The van der Waals surface area contributed by atoms with Gasteiger partial charge in [0.05, 0.1) is 37.4 Å². The number of carbonyl (C=O) groups excluding carboxylic acids is 1. The molecule has 0 amide bonds. The van der Waals surface area contributed by atoms with E-state index in [1.165, 1.54) is 4.90 Å². The molecule has 0 aromatic rings. The largest absolute Gasteiger partial charge is 0.480 e. The maximum atomic E-state index is 12.2. The predicted molar refractivity (Wildman–Crippen MR) is 103 cm³/mol. The van der Waals surface area contributed by atoms with Crippen molar-refractivity contribution in [3.05, 3.63) is 0 Å². The highest BCUT2D eigenvalue weighted by molar-refractivity contribution is 7.78. The lowest BCUT2D eigenvalue weighted by atomic mass is 9.93. The Labute approximate surface area is 172 Å². The number of carboxylic acid groups (broad SMARTS) is 3. The van der Waals surface area contributed by atoms with E-state index in [0.717, 1.165) is 17.7 Å². The molecule has 0 bridgehead atoms. The van der Waals surface area contributed by atoms with E-state index in [2.05, 4.69) is 22.4 Å². The highest BCUT2D eigenvalue weighted by Crippen LogP contribution is 2.23. The molecule has 0 radical (unpaired) electrons. The van der Waals surface area contributed by atoms with Gasteiger partial charge in [0.15, 0.2) is 0 Å². The van der Waals surface area contributed by atoms with Crippen LogP contribution in [0.1, 0.15) is 25.7 Å². The summed E-state index contributed by atoms with van der Waals surface area (Å²) < 4.78 is 5.40. The van der Waals surface area contributed by atoms with Gasteiger partial charge in [0.1, 0.15) is 6.10 Å². The number of carbonyl (C=O) groups is 4. The Morgan fingerprint density at radius 3 is 1.72 bits per heavy atom. The zero-order chi connectivity index (χ0) is 21.8. The van der Waals surface area contributed by atoms with Crippen molar-refractivity contribution in [2.75, 3.05) is 39.3 Å². The highest BCUT2D eigenvalue weighted by atomic mass is 32.1. The summed E-state index contributed by atoms with van der Waals surface area (Å²) in [6.07, 6.45) is 2.42. The Hall–Kier alpha value is -2.40. The third-order valence-corrected chi connectivity index (χ3v) is 4.44. The summed E-state index contributed by atoms with van der Waals surface area (Å²) in [5.74, 6) is -4.16. The molecule has 3 N–H and O–H groups in total. The third kappa shape index (κ3) is 11.3. The number of hydrogen-bond donors (Lipinski definition) is 3. The van der Waals surface area contributed by atoms with Gasteiger partial charge in [0.25, 0.3) is 0 Å². The van der Waals surface area contributed by atoms with Crippen LogP contribution in [0.15, 0.2) is 4.99 Å². The number of rotatable bonds is 13. The Balaban J connectivity index is 2.55. The molecule has 1 aliphatic rings. The number of thiocarbonyl (C=S) groups is 1. The summed E-state index contributed by atoms with van der Waals surface area (Å²) in [4.78, 5) is 51.4. The summed E-state index contributed by atoms with van der Waals surface area (Å²) in [6.45, 7) is -1.80. The molecule has 0 unspecified atom stereocenters. The Bertz CT molecular complexity index is 629. The number of nitrogens with zero attached hydrogens (tertiary/aromatic N) is 3. The Morgan fingerprint density at radius 2 is 1.31 bits per heavy atom. The molecule has 0 atom stereocenters. The van der Waals surface area contributed by atoms with Crippen LogP contribution in [0.25, 0.3) is 0 Å². The second kappa shape index (κ2) is 12.9. The van der Waals surface area contributed by atoms with Gasteiger partial charge in [-0.25, -0.2) is 4.99 Å². The van der Waals surface area contributed by atoms with Crippen LogP contribution in [-0.2, 0) is 23.9 Å². The third-order valence-electron chi connectivity index (χ3n) is 4.34. The highest BCUT2D eigenvalue weighted by Gasteiger charge is 2.25. The molecular weight excluding hydrogens is 406 g/mol. The standard InChI is InChI=1S/C17H25N3O8S/c21-14(22)7-19(8-15(23)24)5-6-20(9-16(25)26)10-17(27)28-13-3-1-12(2-4-13)18-11-29/h12-13H,1-10H2,(H,21,22)(H,23,24)(H,25,26). The van der Waals surface area contributed by atoms with Gasteiger partial charge < -0.3 is 20.1 Å². The molecule has 12 heteroatoms. The molecule has 11 nitrogen and oxygen atoms in total. The van der Waals surface area contributed by atoms with Crippen LogP contribution >= 0.6 is 12.2 Å². The average Bonchev–Trinajstić information content (AvgIpc) is 2.60. The van der Waals surface area contributed by atoms with E-state index in [1.54, 1.807) is 0 Å². The monoisotopic (exact) mass is 431 g/mol. The fraction of sp³-hybridized carbons (Fsp3) is 0.706. The molecule has 162 valence electrons. The van der Waals surface area contributed by atoms with Crippen molar-refractivity contribution >= 4 is 41.3 Å². The summed E-state index contributed by atoms with van der Waals surface area (Å²) >= 11 is 4.58. The van der Waals surface area contributed by atoms with E-state index < -0.39 is 43.5 Å². The lowest BCUT2D eigenvalue weighted by Crippen LogP contribution is -2.44. The van der Waals surface area contributed by atoms with Crippen LogP contribution in [0.4, 0.5) is 0 Å². The van der Waals surface area contributed by atoms with Crippen molar-refractivity contribution in [1.29, 1.82) is 0 Å². The molecule has 0 spiro atoms. The van der Waals surface area contributed by atoms with Crippen LogP contribution in [0, 0.1) is 0 Å². The second-order valence-corrected chi connectivity index (χ2v) is 6.93. The normalized spacial score (nSPS) is 18.8. The van der Waals surface area contributed by atoms with E-state index in [-0.39, 0.29) is 31.8 Å². The number of ether oxygens (including phenoxy) is 1. The first kappa shape index (κ1) is 24.6. The van der Waals surface area contributed by atoms with E-state index in [1.807, 2.05) is 0 Å². The minimum atomic E-state index is -1.20. The lowest BCUT2D eigenvalue weighted by molar-refractivity contribution is -0.153. The van der Waals surface area contributed by atoms with Crippen LogP contribution in [0.2, 0.25) is 0 Å². The zero-order valence-electron chi connectivity index (χ0n) is 15.9. The molecule has 1 fully saturated rings. The van der Waals surface area contributed by atoms with Crippen molar-refractivity contribution in [3.8, 4) is 0 Å². The fourth-order valence-corrected chi connectivity index (χ4v) is 3.21. The van der Waals surface area contributed by atoms with Gasteiger partial charge in [-0.3, -0.25) is 29.0 Å². The smallest absolute Gasteiger partial charge is 0.320 e. The minimum absolute atomic E-state index is 0.00190. The second-order valence-electron chi connectivity index (χ2n) is 6.74. The first-order valence-corrected chi connectivity index (χ1v) is 9.47. The fourth-order valence-electron chi connectivity index (χ4n) is 3.06. The molecule has 0 aromatic heterocycles. The van der Waals surface area contributed by atoms with Gasteiger partial charge in [0.2, 0.25) is 0 Å². The van der Waals surface area contributed by atoms with Gasteiger partial charge in [-0.2, -0.15) is 0 Å². The number of hydrogen-bond acceptors (Lipinski definition) is 9. The van der Waals surface area contributed by atoms with Crippen LogP contribution < -0.4 is 0 Å². The van der Waals surface area contributed by atoms with E-state index in [9.17, 15) is 19.2 Å². The topological polar surface area (TPSA) is 157 Å². The number of carboxylic acids is 3. The van der Waals surface area contributed by atoms with Gasteiger partial charge >= 0.3 is 23.9 Å². The van der Waals surface area contributed by atoms with Crippen molar-refractivity contribution < 1.29 is 39.2 Å². The summed E-state index contributed by atoms with van der Waals surface area (Å²) in [5, 5.41) is 29.1. The van der Waals surface area contributed by atoms with Gasteiger partial charge in [0, 0.05) is 13.1 Å². The molecule has 1 saturated carbocycles. The molecule has 0 aliphatic heterocycles. The minimum Gasteiger partial charge on any atom is -0.480 e. The molecule has 0 aromatic carbocycles. The van der Waals surface area contributed by atoms with Crippen LogP contribution in [-0.4, -0.2) is 106 Å². The van der Waals surface area contributed by atoms with Gasteiger partial charge in [-0.1, -0.05) is 0 Å². The van der Waals surface area contributed by atoms with Crippen LogP contribution in [0.3, 0.4) is 0 Å². The molecule has 29 heavy (non-hydrogen) atoms. The molecule has 1 rings (SSSR count). The number of aliphatic imine (C=N–C) groups is 1. The molecule has 0 saturated heterocycles. The summed E-state index contributed by atoms with van der Waals surface area (Å²) in [6, 6.07) is 0.0837. The van der Waals surface area contributed by atoms with Crippen molar-refractivity contribution in [1.82, 2.24) is 9.80 Å². The SMILES string of the molecule is O=C(O)CN(CCN(CC(=O)O)CC(=O)OC1CCC(N=C=S)CC1)CC(=O)O.